The maximum Gasteiger partial charge on any atom is 0.255 e. The van der Waals surface area contributed by atoms with Gasteiger partial charge in [-0.3, -0.25) is 9.78 Å². The first-order chi connectivity index (χ1) is 10.1. The lowest BCUT2D eigenvalue weighted by Gasteiger charge is -2.24. The third kappa shape index (κ3) is 4.25. The number of carbonyl (C=O) groups excluding carboxylic acids is 1. The minimum absolute atomic E-state index is 0.106. The van der Waals surface area contributed by atoms with Gasteiger partial charge in [-0.15, -0.1) is 0 Å². The van der Waals surface area contributed by atoms with Crippen LogP contribution in [0.2, 0.25) is 0 Å². The van der Waals surface area contributed by atoms with Crippen LogP contribution in [0.5, 0.6) is 0 Å². The average Bonchev–Trinajstić information content (AvgIpc) is 2.72. The first-order valence-electron chi connectivity index (χ1n) is 7.75. The smallest absolute Gasteiger partial charge is 0.255 e. The highest BCUT2D eigenvalue weighted by molar-refractivity contribution is 5.95. The quantitative estimate of drug-likeness (QED) is 0.903. The molecule has 1 atom stereocenters. The molecule has 0 aromatic carbocycles. The van der Waals surface area contributed by atoms with Crippen molar-refractivity contribution in [3.05, 3.63) is 29.6 Å². The summed E-state index contributed by atoms with van der Waals surface area (Å²) in [4.78, 5) is 21.2. The van der Waals surface area contributed by atoms with E-state index in [1.807, 2.05) is 24.0 Å². The molecule has 2 N–H and O–H groups in total. The second-order valence-corrected chi connectivity index (χ2v) is 5.92. The van der Waals surface area contributed by atoms with E-state index in [0.29, 0.717) is 12.5 Å². The fraction of sp³-hybridized carbons (Fsp3) is 0.625. The van der Waals surface area contributed by atoms with Gasteiger partial charge in [0, 0.05) is 38.1 Å². The maximum absolute atomic E-state index is 12.6. The molecule has 1 saturated heterocycles. The Kier molecular flexibility index (Phi) is 5.70. The topological polar surface area (TPSA) is 62.5 Å². The Morgan fingerprint density at radius 3 is 2.90 bits per heavy atom. The van der Waals surface area contributed by atoms with Crippen LogP contribution >= 0.6 is 0 Å². The average molecular weight is 290 g/mol. The van der Waals surface area contributed by atoms with E-state index in [4.69, 9.17) is 5.73 Å². The van der Waals surface area contributed by atoms with Crippen molar-refractivity contribution in [1.82, 2.24) is 14.8 Å². The maximum atomic E-state index is 12.6. The zero-order chi connectivity index (χ0) is 15.2. The van der Waals surface area contributed by atoms with Crippen LogP contribution in [0.25, 0.3) is 0 Å². The molecule has 5 heteroatoms. The molecule has 0 radical (unpaired) electrons. The van der Waals surface area contributed by atoms with E-state index in [9.17, 15) is 4.79 Å². The Morgan fingerprint density at radius 2 is 2.19 bits per heavy atom. The minimum Gasteiger partial charge on any atom is -0.337 e. The van der Waals surface area contributed by atoms with E-state index in [1.54, 1.807) is 6.20 Å². The molecular formula is C16H26N4O. The van der Waals surface area contributed by atoms with Gasteiger partial charge in [0.05, 0.1) is 5.56 Å². The van der Waals surface area contributed by atoms with Gasteiger partial charge in [-0.05, 0) is 44.5 Å². The van der Waals surface area contributed by atoms with Crippen molar-refractivity contribution in [2.75, 3.05) is 39.3 Å². The van der Waals surface area contributed by atoms with E-state index >= 15 is 0 Å². The summed E-state index contributed by atoms with van der Waals surface area (Å²) in [6.07, 6.45) is 2.74. The summed E-state index contributed by atoms with van der Waals surface area (Å²) in [5.74, 6) is 0.613. The Bertz CT molecular complexity index is 477. The van der Waals surface area contributed by atoms with E-state index in [-0.39, 0.29) is 5.91 Å². The Hall–Kier alpha value is -1.46. The molecule has 1 aliphatic heterocycles. The van der Waals surface area contributed by atoms with Gasteiger partial charge in [-0.1, -0.05) is 6.92 Å². The van der Waals surface area contributed by atoms with E-state index in [2.05, 4.69) is 16.8 Å². The van der Waals surface area contributed by atoms with Crippen molar-refractivity contribution < 1.29 is 4.79 Å². The summed E-state index contributed by atoms with van der Waals surface area (Å²) < 4.78 is 0. The largest absolute Gasteiger partial charge is 0.337 e. The SMILES string of the molecule is Cc1ncccc1C(=O)N1CCCN(CC(C)CN)CC1. The van der Waals surface area contributed by atoms with Gasteiger partial charge in [0.15, 0.2) is 0 Å². The highest BCUT2D eigenvalue weighted by atomic mass is 16.2. The van der Waals surface area contributed by atoms with Crippen molar-refractivity contribution in [3.63, 3.8) is 0 Å². The first-order valence-corrected chi connectivity index (χ1v) is 7.75. The van der Waals surface area contributed by atoms with Crippen LogP contribution in [0.3, 0.4) is 0 Å². The summed E-state index contributed by atoms with van der Waals surface area (Å²) in [5, 5.41) is 0. The summed E-state index contributed by atoms with van der Waals surface area (Å²) in [7, 11) is 0. The van der Waals surface area contributed by atoms with Crippen molar-refractivity contribution in [3.8, 4) is 0 Å². The highest BCUT2D eigenvalue weighted by Crippen LogP contribution is 2.12. The van der Waals surface area contributed by atoms with Crippen LogP contribution in [-0.2, 0) is 0 Å². The predicted molar refractivity (Wildman–Crippen MR) is 84.2 cm³/mol. The van der Waals surface area contributed by atoms with Crippen LogP contribution < -0.4 is 5.73 Å². The first kappa shape index (κ1) is 15.9. The van der Waals surface area contributed by atoms with Gasteiger partial charge >= 0.3 is 0 Å². The van der Waals surface area contributed by atoms with Crippen LogP contribution in [0.15, 0.2) is 18.3 Å². The Morgan fingerprint density at radius 1 is 1.38 bits per heavy atom. The van der Waals surface area contributed by atoms with Crippen LogP contribution in [0.1, 0.15) is 29.4 Å². The van der Waals surface area contributed by atoms with Crippen LogP contribution in [0.4, 0.5) is 0 Å². The fourth-order valence-electron chi connectivity index (χ4n) is 2.75. The number of aromatic nitrogens is 1. The summed E-state index contributed by atoms with van der Waals surface area (Å²) in [6.45, 7) is 9.37. The van der Waals surface area contributed by atoms with Crippen LogP contribution in [-0.4, -0.2) is 60.0 Å². The van der Waals surface area contributed by atoms with Gasteiger partial charge in [0.1, 0.15) is 0 Å². The number of aryl methyl sites for hydroxylation is 1. The molecule has 0 spiro atoms. The fourth-order valence-corrected chi connectivity index (χ4v) is 2.75. The molecular weight excluding hydrogens is 264 g/mol. The highest BCUT2D eigenvalue weighted by Gasteiger charge is 2.22. The normalized spacial score (nSPS) is 18.3. The number of nitrogens with two attached hydrogens (primary N) is 1. The second-order valence-electron chi connectivity index (χ2n) is 5.92. The number of carbonyl (C=O) groups is 1. The van der Waals surface area contributed by atoms with Crippen molar-refractivity contribution >= 4 is 5.91 Å². The lowest BCUT2D eigenvalue weighted by Crippen LogP contribution is -2.37. The number of rotatable bonds is 4. The molecule has 1 fully saturated rings. The zero-order valence-electron chi connectivity index (χ0n) is 13.1. The van der Waals surface area contributed by atoms with Gasteiger partial charge in [-0.2, -0.15) is 0 Å². The molecule has 2 heterocycles. The zero-order valence-corrected chi connectivity index (χ0v) is 13.1. The van der Waals surface area contributed by atoms with Gasteiger partial charge < -0.3 is 15.5 Å². The molecule has 21 heavy (non-hydrogen) atoms. The molecule has 1 amide bonds. The minimum atomic E-state index is 0.106. The van der Waals surface area contributed by atoms with Crippen molar-refractivity contribution in [2.24, 2.45) is 11.7 Å². The summed E-state index contributed by atoms with van der Waals surface area (Å²) in [6, 6.07) is 3.69. The Labute approximate surface area is 127 Å². The number of hydrogen-bond acceptors (Lipinski definition) is 4. The van der Waals surface area contributed by atoms with Gasteiger partial charge in [0.2, 0.25) is 0 Å². The molecule has 0 bridgehead atoms. The predicted octanol–water partition coefficient (Wildman–Crippen LogP) is 1.13. The Balaban J connectivity index is 1.97. The number of pyridine rings is 1. The molecule has 0 aliphatic carbocycles. The van der Waals surface area contributed by atoms with Crippen molar-refractivity contribution in [2.45, 2.75) is 20.3 Å². The lowest BCUT2D eigenvalue weighted by atomic mass is 10.1. The number of hydrogen-bond donors (Lipinski definition) is 1. The monoisotopic (exact) mass is 290 g/mol. The molecule has 1 unspecified atom stereocenters. The van der Waals surface area contributed by atoms with E-state index in [1.165, 1.54) is 0 Å². The molecule has 116 valence electrons. The molecule has 1 aliphatic rings. The van der Waals surface area contributed by atoms with E-state index < -0.39 is 0 Å². The molecule has 0 saturated carbocycles. The van der Waals surface area contributed by atoms with E-state index in [0.717, 1.165) is 50.4 Å². The molecule has 2 rings (SSSR count). The number of amides is 1. The second kappa shape index (κ2) is 7.52. The third-order valence-electron chi connectivity index (χ3n) is 4.09. The van der Waals surface area contributed by atoms with Gasteiger partial charge in [0.25, 0.3) is 5.91 Å². The lowest BCUT2D eigenvalue weighted by molar-refractivity contribution is 0.0759. The molecule has 1 aromatic heterocycles. The molecule has 1 aromatic rings. The van der Waals surface area contributed by atoms with Crippen LogP contribution in [0, 0.1) is 12.8 Å². The summed E-state index contributed by atoms with van der Waals surface area (Å²) >= 11 is 0. The molecule has 5 nitrogen and oxygen atoms in total. The standard InChI is InChI=1S/C16H26N4O/c1-13(11-17)12-19-7-4-8-20(10-9-19)16(21)15-5-3-6-18-14(15)2/h3,5-6,13H,4,7-12,17H2,1-2H3. The number of nitrogens with zero attached hydrogens (tertiary/aromatic N) is 3. The van der Waals surface area contributed by atoms with Gasteiger partial charge in [-0.25, -0.2) is 0 Å². The third-order valence-corrected chi connectivity index (χ3v) is 4.09. The summed E-state index contributed by atoms with van der Waals surface area (Å²) in [5.41, 5.74) is 7.23. The van der Waals surface area contributed by atoms with Crippen molar-refractivity contribution in [1.29, 1.82) is 0 Å².